The lowest BCUT2D eigenvalue weighted by Crippen LogP contribution is -2.53. The molecule has 0 unspecified atom stereocenters. The highest BCUT2D eigenvalue weighted by Gasteiger charge is 2.38. The fourth-order valence-electron chi connectivity index (χ4n) is 2.59. The van der Waals surface area contributed by atoms with E-state index in [0.29, 0.717) is 12.8 Å². The number of nitrogens with one attached hydrogen (secondary N) is 2. The third-order valence-electron chi connectivity index (χ3n) is 3.50. The molecular formula is C10H16N4O2S. The first kappa shape index (κ1) is 12.1. The van der Waals surface area contributed by atoms with Gasteiger partial charge in [0.05, 0.1) is 4.99 Å². The second kappa shape index (κ2) is 4.48. The predicted octanol–water partition coefficient (Wildman–Crippen LogP) is 0.200. The van der Waals surface area contributed by atoms with Crippen molar-refractivity contribution in [1.29, 1.82) is 0 Å². The number of hydrogen-bond acceptors (Lipinski definition) is 3. The van der Waals surface area contributed by atoms with Crippen molar-refractivity contribution in [3.8, 4) is 0 Å². The SMILES string of the molecule is NC(=S)C1(n2c(=O)[nH][nH]c2=O)CCCCCC1. The maximum absolute atomic E-state index is 11.7. The number of hydrogen-bond donors (Lipinski definition) is 3. The van der Waals surface area contributed by atoms with Crippen molar-refractivity contribution >= 4 is 17.2 Å². The second-order valence-electron chi connectivity index (χ2n) is 4.51. The Morgan fingerprint density at radius 3 is 2.00 bits per heavy atom. The Morgan fingerprint density at radius 2 is 1.59 bits per heavy atom. The van der Waals surface area contributed by atoms with Gasteiger partial charge in [0, 0.05) is 0 Å². The predicted molar refractivity (Wildman–Crippen MR) is 68.1 cm³/mol. The zero-order chi connectivity index (χ0) is 12.5. The van der Waals surface area contributed by atoms with Crippen molar-refractivity contribution in [3.63, 3.8) is 0 Å². The Balaban J connectivity index is 2.58. The van der Waals surface area contributed by atoms with Crippen LogP contribution in [0.3, 0.4) is 0 Å². The number of aromatic amines is 2. The normalized spacial score (nSPS) is 19.8. The number of nitrogens with two attached hydrogens (primary N) is 1. The van der Waals surface area contributed by atoms with E-state index < -0.39 is 16.9 Å². The molecule has 17 heavy (non-hydrogen) atoms. The smallest absolute Gasteiger partial charge is 0.345 e. The van der Waals surface area contributed by atoms with Gasteiger partial charge in [-0.1, -0.05) is 37.9 Å². The van der Waals surface area contributed by atoms with Gasteiger partial charge in [-0.15, -0.1) is 0 Å². The van der Waals surface area contributed by atoms with Crippen LogP contribution in [0.5, 0.6) is 0 Å². The molecule has 0 aliphatic heterocycles. The van der Waals surface area contributed by atoms with Gasteiger partial charge in [-0.2, -0.15) is 0 Å². The number of nitrogens with zero attached hydrogens (tertiary/aromatic N) is 1. The number of rotatable bonds is 2. The molecule has 0 saturated heterocycles. The standard InChI is InChI=1S/C10H16N4O2S/c11-7(17)10(5-3-1-2-4-6-10)14-8(15)12-13-9(14)16/h1-6H2,(H2,11,17)(H,12,15)(H,13,16). The van der Waals surface area contributed by atoms with Crippen molar-refractivity contribution in [1.82, 2.24) is 14.8 Å². The maximum Gasteiger partial charge on any atom is 0.345 e. The minimum atomic E-state index is -0.795. The van der Waals surface area contributed by atoms with Crippen LogP contribution in [0, 0.1) is 0 Å². The van der Waals surface area contributed by atoms with Crippen molar-refractivity contribution in [2.24, 2.45) is 5.73 Å². The third-order valence-corrected chi connectivity index (χ3v) is 3.88. The molecule has 0 aromatic carbocycles. The zero-order valence-electron chi connectivity index (χ0n) is 9.49. The van der Waals surface area contributed by atoms with Crippen LogP contribution in [0.25, 0.3) is 0 Å². The van der Waals surface area contributed by atoms with Gasteiger partial charge in [-0.05, 0) is 12.8 Å². The first-order chi connectivity index (χ1) is 8.08. The molecular weight excluding hydrogens is 240 g/mol. The van der Waals surface area contributed by atoms with Crippen LogP contribution in [0.4, 0.5) is 0 Å². The maximum atomic E-state index is 11.7. The Bertz CT molecular complexity index is 491. The molecule has 0 atom stereocenters. The summed E-state index contributed by atoms with van der Waals surface area (Å²) in [6.07, 6.45) is 5.33. The topological polar surface area (TPSA) is 96.7 Å². The molecule has 1 fully saturated rings. The van der Waals surface area contributed by atoms with Gasteiger partial charge in [0.1, 0.15) is 5.54 Å². The van der Waals surface area contributed by atoms with Crippen LogP contribution >= 0.6 is 12.2 Å². The van der Waals surface area contributed by atoms with Crippen molar-refractivity contribution in [2.75, 3.05) is 0 Å². The zero-order valence-corrected chi connectivity index (χ0v) is 10.3. The lowest BCUT2D eigenvalue weighted by molar-refractivity contribution is 0.337. The molecule has 1 aliphatic carbocycles. The van der Waals surface area contributed by atoms with Crippen LogP contribution in [0.1, 0.15) is 38.5 Å². The van der Waals surface area contributed by atoms with E-state index >= 15 is 0 Å². The molecule has 1 aliphatic rings. The Kier molecular flexibility index (Phi) is 3.19. The van der Waals surface area contributed by atoms with Crippen molar-refractivity contribution in [2.45, 2.75) is 44.1 Å². The Morgan fingerprint density at radius 1 is 1.12 bits per heavy atom. The average Bonchev–Trinajstić information content (AvgIpc) is 2.54. The molecule has 1 saturated carbocycles. The van der Waals surface area contributed by atoms with Crippen LogP contribution in [0.2, 0.25) is 0 Å². The molecule has 1 aromatic rings. The van der Waals surface area contributed by atoms with Gasteiger partial charge in [0.2, 0.25) is 0 Å². The highest BCUT2D eigenvalue weighted by Crippen LogP contribution is 2.32. The van der Waals surface area contributed by atoms with Crippen LogP contribution in [-0.4, -0.2) is 19.8 Å². The summed E-state index contributed by atoms with van der Waals surface area (Å²) in [6, 6.07) is 0. The second-order valence-corrected chi connectivity index (χ2v) is 4.95. The first-order valence-electron chi connectivity index (χ1n) is 5.78. The summed E-state index contributed by atoms with van der Waals surface area (Å²) in [6.45, 7) is 0. The van der Waals surface area contributed by atoms with Gasteiger partial charge >= 0.3 is 11.4 Å². The number of aromatic nitrogens is 3. The van der Waals surface area contributed by atoms with E-state index in [1.54, 1.807) is 0 Å². The summed E-state index contributed by atoms with van der Waals surface area (Å²) in [5.41, 5.74) is 4.07. The van der Waals surface area contributed by atoms with Gasteiger partial charge in [0.25, 0.3) is 0 Å². The average molecular weight is 256 g/mol. The Labute approximate surface area is 103 Å². The fourth-order valence-corrected chi connectivity index (χ4v) is 2.89. The lowest BCUT2D eigenvalue weighted by atomic mass is 9.90. The van der Waals surface area contributed by atoms with Crippen molar-refractivity contribution in [3.05, 3.63) is 21.0 Å². The fraction of sp³-hybridized carbons (Fsp3) is 0.700. The molecule has 0 amide bonds. The molecule has 0 bridgehead atoms. The van der Waals surface area contributed by atoms with Crippen LogP contribution < -0.4 is 17.1 Å². The monoisotopic (exact) mass is 256 g/mol. The summed E-state index contributed by atoms with van der Waals surface area (Å²) >= 11 is 5.11. The summed E-state index contributed by atoms with van der Waals surface area (Å²) in [4.78, 5) is 23.7. The quantitative estimate of drug-likeness (QED) is 0.520. The molecule has 0 radical (unpaired) electrons. The summed E-state index contributed by atoms with van der Waals surface area (Å²) in [7, 11) is 0. The van der Waals surface area contributed by atoms with Gasteiger partial charge < -0.3 is 5.73 Å². The van der Waals surface area contributed by atoms with E-state index in [1.807, 2.05) is 0 Å². The summed E-state index contributed by atoms with van der Waals surface area (Å²) < 4.78 is 1.15. The number of H-pyrrole nitrogens is 2. The molecule has 94 valence electrons. The highest BCUT2D eigenvalue weighted by molar-refractivity contribution is 7.80. The van der Waals surface area contributed by atoms with Gasteiger partial charge in [0.15, 0.2) is 0 Å². The van der Waals surface area contributed by atoms with Gasteiger partial charge in [-0.25, -0.2) is 24.4 Å². The van der Waals surface area contributed by atoms with Gasteiger partial charge in [-0.3, -0.25) is 0 Å². The minimum absolute atomic E-state index is 0.228. The summed E-state index contributed by atoms with van der Waals surface area (Å²) in [5, 5.41) is 4.58. The molecule has 7 heteroatoms. The Hall–Kier alpha value is -1.37. The van der Waals surface area contributed by atoms with Crippen LogP contribution in [-0.2, 0) is 5.54 Å². The molecule has 4 N–H and O–H groups in total. The van der Waals surface area contributed by atoms with Crippen molar-refractivity contribution < 1.29 is 0 Å². The molecule has 6 nitrogen and oxygen atoms in total. The first-order valence-corrected chi connectivity index (χ1v) is 6.19. The number of thiocarbonyl (C=S) groups is 1. The van der Waals surface area contributed by atoms with E-state index in [2.05, 4.69) is 10.2 Å². The van der Waals surface area contributed by atoms with Crippen LogP contribution in [0.15, 0.2) is 9.59 Å². The van der Waals surface area contributed by atoms with E-state index in [-0.39, 0.29) is 4.99 Å². The molecule has 1 aromatic heterocycles. The van der Waals surface area contributed by atoms with E-state index in [0.717, 1.165) is 30.3 Å². The lowest BCUT2D eigenvalue weighted by Gasteiger charge is -2.31. The third kappa shape index (κ3) is 1.95. The largest absolute Gasteiger partial charge is 0.391 e. The minimum Gasteiger partial charge on any atom is -0.391 e. The molecule has 2 rings (SSSR count). The highest BCUT2D eigenvalue weighted by atomic mass is 32.1. The van der Waals surface area contributed by atoms with E-state index in [4.69, 9.17) is 18.0 Å². The summed E-state index contributed by atoms with van der Waals surface area (Å²) in [5.74, 6) is 0. The molecule has 1 heterocycles. The van der Waals surface area contributed by atoms with E-state index in [1.165, 1.54) is 0 Å². The molecule has 0 spiro atoms. The van der Waals surface area contributed by atoms with E-state index in [9.17, 15) is 9.59 Å².